The van der Waals surface area contributed by atoms with Gasteiger partial charge in [-0.05, 0) is 30.7 Å². The van der Waals surface area contributed by atoms with Crippen molar-refractivity contribution in [2.45, 2.75) is 19.1 Å². The molecule has 2 rings (SSSR count). The summed E-state index contributed by atoms with van der Waals surface area (Å²) in [6.45, 7) is 0.453. The van der Waals surface area contributed by atoms with Gasteiger partial charge in [-0.25, -0.2) is 0 Å². The summed E-state index contributed by atoms with van der Waals surface area (Å²) in [7, 11) is 0. The standard InChI is InChI=1S/C14H17F3N2O2.ClH/c15-14(16,17)9-21-12-3-1-2-10(6-12)7-19-13(20)11-4-5-18-8-11;/h1-3,6,11,18H,4-5,7-9H2,(H,19,20);1H. The summed E-state index contributed by atoms with van der Waals surface area (Å²) in [5.41, 5.74) is 0.703. The summed E-state index contributed by atoms with van der Waals surface area (Å²) >= 11 is 0. The molecule has 0 bridgehead atoms. The van der Waals surface area contributed by atoms with Gasteiger partial charge in [-0.1, -0.05) is 12.1 Å². The maximum absolute atomic E-state index is 12.1. The fourth-order valence-corrected chi connectivity index (χ4v) is 2.12. The van der Waals surface area contributed by atoms with Gasteiger partial charge in [0.15, 0.2) is 6.61 Å². The number of carbonyl (C=O) groups excluding carboxylic acids is 1. The molecule has 0 radical (unpaired) electrons. The van der Waals surface area contributed by atoms with Crippen molar-refractivity contribution in [3.63, 3.8) is 0 Å². The summed E-state index contributed by atoms with van der Waals surface area (Å²) in [5.74, 6) is 0.0675. The molecule has 2 N–H and O–H groups in total. The first-order valence-corrected chi connectivity index (χ1v) is 6.71. The van der Waals surface area contributed by atoms with Crippen molar-refractivity contribution in [2.24, 2.45) is 5.92 Å². The first kappa shape index (κ1) is 18.6. The highest BCUT2D eigenvalue weighted by Crippen LogP contribution is 2.19. The van der Waals surface area contributed by atoms with Crippen molar-refractivity contribution >= 4 is 18.3 Å². The zero-order valence-electron chi connectivity index (χ0n) is 11.8. The minimum Gasteiger partial charge on any atom is -0.484 e. The number of benzene rings is 1. The molecule has 124 valence electrons. The number of amides is 1. The predicted octanol–water partition coefficient (Wildman–Crippen LogP) is 2.28. The minimum absolute atomic E-state index is 0. The highest BCUT2D eigenvalue weighted by molar-refractivity contribution is 5.85. The number of alkyl halides is 3. The monoisotopic (exact) mass is 338 g/mol. The molecule has 1 aliphatic heterocycles. The molecule has 1 aromatic carbocycles. The molecule has 1 atom stereocenters. The molecule has 1 unspecified atom stereocenters. The Labute approximate surface area is 132 Å². The smallest absolute Gasteiger partial charge is 0.422 e. The van der Waals surface area contributed by atoms with E-state index >= 15 is 0 Å². The third-order valence-electron chi connectivity index (χ3n) is 3.20. The Morgan fingerprint density at radius 1 is 1.41 bits per heavy atom. The lowest BCUT2D eigenvalue weighted by atomic mass is 10.1. The quantitative estimate of drug-likeness (QED) is 0.866. The van der Waals surface area contributed by atoms with Gasteiger partial charge in [0.25, 0.3) is 0 Å². The van der Waals surface area contributed by atoms with E-state index in [0.29, 0.717) is 12.1 Å². The van der Waals surface area contributed by atoms with E-state index in [1.807, 2.05) is 0 Å². The van der Waals surface area contributed by atoms with Gasteiger partial charge in [-0.2, -0.15) is 13.2 Å². The van der Waals surface area contributed by atoms with Crippen LogP contribution in [0.1, 0.15) is 12.0 Å². The van der Waals surface area contributed by atoms with Gasteiger partial charge < -0.3 is 15.4 Å². The number of halogens is 4. The Balaban J connectivity index is 0.00000242. The highest BCUT2D eigenvalue weighted by atomic mass is 35.5. The molecule has 1 aliphatic rings. The van der Waals surface area contributed by atoms with Crippen molar-refractivity contribution in [1.29, 1.82) is 0 Å². The average molecular weight is 339 g/mol. The Kier molecular flexibility index (Phi) is 6.96. The molecule has 0 saturated carbocycles. The van der Waals surface area contributed by atoms with Gasteiger partial charge in [-0.15, -0.1) is 12.4 Å². The van der Waals surface area contributed by atoms with Crippen LogP contribution in [0.2, 0.25) is 0 Å². The topological polar surface area (TPSA) is 50.4 Å². The molecule has 0 aliphatic carbocycles. The van der Waals surface area contributed by atoms with Crippen LogP contribution in [0.5, 0.6) is 5.75 Å². The van der Waals surface area contributed by atoms with E-state index in [9.17, 15) is 18.0 Å². The third-order valence-corrected chi connectivity index (χ3v) is 3.20. The molecule has 1 aromatic rings. The van der Waals surface area contributed by atoms with Crippen LogP contribution in [0.25, 0.3) is 0 Å². The summed E-state index contributed by atoms with van der Waals surface area (Å²) in [4.78, 5) is 11.8. The molecule has 22 heavy (non-hydrogen) atoms. The molecule has 1 saturated heterocycles. The van der Waals surface area contributed by atoms with E-state index in [2.05, 4.69) is 15.4 Å². The molecule has 0 aromatic heterocycles. The third kappa shape index (κ3) is 6.11. The maximum atomic E-state index is 12.1. The number of nitrogens with one attached hydrogen (secondary N) is 2. The van der Waals surface area contributed by atoms with Crippen molar-refractivity contribution in [3.05, 3.63) is 29.8 Å². The van der Waals surface area contributed by atoms with Gasteiger partial charge in [0, 0.05) is 13.1 Å². The Hall–Kier alpha value is -1.47. The van der Waals surface area contributed by atoms with E-state index < -0.39 is 12.8 Å². The molecule has 1 heterocycles. The zero-order chi connectivity index (χ0) is 15.3. The van der Waals surface area contributed by atoms with Gasteiger partial charge in [-0.3, -0.25) is 4.79 Å². The number of rotatable bonds is 5. The predicted molar refractivity (Wildman–Crippen MR) is 78.1 cm³/mol. The Morgan fingerprint density at radius 2 is 2.18 bits per heavy atom. The lowest BCUT2D eigenvalue weighted by Gasteiger charge is -2.12. The molecule has 8 heteroatoms. The summed E-state index contributed by atoms with van der Waals surface area (Å²) < 4.78 is 40.9. The lowest BCUT2D eigenvalue weighted by molar-refractivity contribution is -0.153. The molecule has 1 fully saturated rings. The number of ether oxygens (including phenoxy) is 1. The van der Waals surface area contributed by atoms with Crippen LogP contribution >= 0.6 is 12.4 Å². The van der Waals surface area contributed by atoms with Crippen molar-refractivity contribution in [2.75, 3.05) is 19.7 Å². The van der Waals surface area contributed by atoms with Crippen LogP contribution < -0.4 is 15.4 Å². The molecular formula is C14H18ClF3N2O2. The first-order valence-electron chi connectivity index (χ1n) is 6.71. The van der Waals surface area contributed by atoms with E-state index in [1.54, 1.807) is 12.1 Å². The van der Waals surface area contributed by atoms with Crippen LogP contribution in [-0.2, 0) is 11.3 Å². The number of hydrogen-bond donors (Lipinski definition) is 2. The van der Waals surface area contributed by atoms with Crippen LogP contribution in [0.15, 0.2) is 24.3 Å². The minimum atomic E-state index is -4.36. The summed E-state index contributed by atoms with van der Waals surface area (Å²) in [6, 6.07) is 6.29. The molecular weight excluding hydrogens is 321 g/mol. The average Bonchev–Trinajstić information content (AvgIpc) is 2.96. The van der Waals surface area contributed by atoms with Crippen molar-refractivity contribution in [3.8, 4) is 5.75 Å². The Bertz CT molecular complexity index is 491. The van der Waals surface area contributed by atoms with Gasteiger partial charge >= 0.3 is 6.18 Å². The van der Waals surface area contributed by atoms with Crippen LogP contribution in [0.3, 0.4) is 0 Å². The van der Waals surface area contributed by atoms with Crippen LogP contribution in [-0.4, -0.2) is 31.8 Å². The van der Waals surface area contributed by atoms with Gasteiger partial charge in [0.05, 0.1) is 5.92 Å². The van der Waals surface area contributed by atoms with E-state index in [1.165, 1.54) is 12.1 Å². The first-order chi connectivity index (χ1) is 9.94. The highest BCUT2D eigenvalue weighted by Gasteiger charge is 2.28. The number of carbonyl (C=O) groups is 1. The van der Waals surface area contributed by atoms with Gasteiger partial charge in [0.2, 0.25) is 5.91 Å². The zero-order valence-corrected chi connectivity index (χ0v) is 12.6. The largest absolute Gasteiger partial charge is 0.484 e. The van der Waals surface area contributed by atoms with E-state index in [0.717, 1.165) is 13.0 Å². The molecule has 4 nitrogen and oxygen atoms in total. The summed E-state index contributed by atoms with van der Waals surface area (Å²) in [5, 5.41) is 5.89. The van der Waals surface area contributed by atoms with E-state index in [-0.39, 0.29) is 36.5 Å². The van der Waals surface area contributed by atoms with Crippen LogP contribution in [0.4, 0.5) is 13.2 Å². The maximum Gasteiger partial charge on any atom is 0.422 e. The molecule has 0 spiro atoms. The SMILES string of the molecule is Cl.O=C(NCc1cccc(OCC(F)(F)F)c1)C1CCNC1. The fourth-order valence-electron chi connectivity index (χ4n) is 2.12. The van der Waals surface area contributed by atoms with Crippen molar-refractivity contribution in [1.82, 2.24) is 10.6 Å². The van der Waals surface area contributed by atoms with E-state index in [4.69, 9.17) is 0 Å². The lowest BCUT2D eigenvalue weighted by Crippen LogP contribution is -2.31. The molecule has 1 amide bonds. The normalized spacial score (nSPS) is 17.7. The van der Waals surface area contributed by atoms with Gasteiger partial charge in [0.1, 0.15) is 5.75 Å². The Morgan fingerprint density at radius 3 is 2.82 bits per heavy atom. The fraction of sp³-hybridized carbons (Fsp3) is 0.500. The number of hydrogen-bond acceptors (Lipinski definition) is 3. The second kappa shape index (κ2) is 8.24. The van der Waals surface area contributed by atoms with Crippen molar-refractivity contribution < 1.29 is 22.7 Å². The second-order valence-electron chi connectivity index (χ2n) is 4.96. The second-order valence-corrected chi connectivity index (χ2v) is 4.96. The van der Waals surface area contributed by atoms with Crippen LogP contribution in [0, 0.1) is 5.92 Å². The summed E-state index contributed by atoms with van der Waals surface area (Å²) in [6.07, 6.45) is -3.56.